The minimum atomic E-state index is -2.79. The zero-order valence-electron chi connectivity index (χ0n) is 13.3. The highest BCUT2D eigenvalue weighted by atomic mass is 32.2. The predicted molar refractivity (Wildman–Crippen MR) is 91.7 cm³/mol. The number of nitrogens with zero attached hydrogens (tertiary/aromatic N) is 4. The molecule has 1 amide bonds. The Hall–Kier alpha value is -2.49. The van der Waals surface area contributed by atoms with E-state index in [1.54, 1.807) is 18.3 Å². The molecule has 0 spiro atoms. The third kappa shape index (κ3) is 3.78. The molecular weight excluding hydrogens is 350 g/mol. The van der Waals surface area contributed by atoms with Gasteiger partial charge in [0.25, 0.3) is 5.91 Å². The molecule has 0 saturated heterocycles. The molecular formula is C15H16F2N6OS. The highest BCUT2D eigenvalue weighted by Gasteiger charge is 2.31. The second-order valence-corrected chi connectivity index (χ2v) is 6.78. The number of hydrogen-bond donors (Lipinski definition) is 2. The Balaban J connectivity index is 1.79. The van der Waals surface area contributed by atoms with Crippen LogP contribution in [0, 0.1) is 0 Å². The first-order valence-electron chi connectivity index (χ1n) is 7.47. The summed E-state index contributed by atoms with van der Waals surface area (Å²) in [5.74, 6) is 0.249. The van der Waals surface area contributed by atoms with E-state index in [-0.39, 0.29) is 5.69 Å². The number of thioether (sulfide) groups is 1. The highest BCUT2D eigenvalue weighted by molar-refractivity contribution is 8.13. The number of rotatable bonds is 4. The van der Waals surface area contributed by atoms with Crippen LogP contribution in [0.25, 0.3) is 0 Å². The molecule has 0 radical (unpaired) electrons. The standard InChI is InChI=1S/C15H16F2N6OS/c1-15(4-7-25-14(18)21-15)11-8-9(2-5-19-11)20-12(24)10-3-6-23(22-10)13(16)17/h2-3,5-6,8,13H,4,7H2,1H3,(H2,18,21)(H,19,20,24)/t15-/m0/s1. The quantitative estimate of drug-likeness (QED) is 0.867. The number of alkyl halides is 2. The number of carbonyl (C=O) groups excluding carboxylic acids is 1. The Labute approximate surface area is 146 Å². The molecule has 1 atom stereocenters. The number of amides is 1. The first-order valence-corrected chi connectivity index (χ1v) is 8.45. The summed E-state index contributed by atoms with van der Waals surface area (Å²) < 4.78 is 25.5. The molecule has 3 N–H and O–H groups in total. The summed E-state index contributed by atoms with van der Waals surface area (Å²) in [4.78, 5) is 21.0. The van der Waals surface area contributed by atoms with Crippen LogP contribution in [0.3, 0.4) is 0 Å². The average Bonchev–Trinajstić information content (AvgIpc) is 3.05. The Morgan fingerprint density at radius 3 is 2.96 bits per heavy atom. The molecule has 0 aromatic carbocycles. The van der Waals surface area contributed by atoms with E-state index < -0.39 is 18.0 Å². The molecule has 0 saturated carbocycles. The summed E-state index contributed by atoms with van der Waals surface area (Å²) in [6, 6.07) is 4.54. The summed E-state index contributed by atoms with van der Waals surface area (Å²) in [6.07, 6.45) is 3.37. The molecule has 0 bridgehead atoms. The van der Waals surface area contributed by atoms with E-state index in [0.717, 1.165) is 18.4 Å². The predicted octanol–water partition coefficient (Wildman–Crippen LogP) is 2.59. The van der Waals surface area contributed by atoms with Crippen LogP contribution in [0.4, 0.5) is 14.5 Å². The van der Waals surface area contributed by atoms with Crippen molar-refractivity contribution in [1.82, 2.24) is 14.8 Å². The summed E-state index contributed by atoms with van der Waals surface area (Å²) >= 11 is 1.49. The number of halogens is 2. The van der Waals surface area contributed by atoms with E-state index in [4.69, 9.17) is 5.73 Å². The van der Waals surface area contributed by atoms with Crippen LogP contribution in [0.2, 0.25) is 0 Å². The van der Waals surface area contributed by atoms with Gasteiger partial charge in [0.1, 0.15) is 5.54 Å². The van der Waals surface area contributed by atoms with E-state index in [0.29, 0.717) is 21.2 Å². The fourth-order valence-electron chi connectivity index (χ4n) is 2.44. The molecule has 25 heavy (non-hydrogen) atoms. The van der Waals surface area contributed by atoms with E-state index in [1.165, 1.54) is 17.8 Å². The number of nitrogens with one attached hydrogen (secondary N) is 1. The number of amidine groups is 1. The SMILES string of the molecule is C[C@@]1(c2cc(NC(=O)c3ccn(C(F)F)n3)ccn2)CCSC(N)=N1. The average molecular weight is 366 g/mol. The Bertz CT molecular complexity index is 824. The third-order valence-corrected chi connectivity index (χ3v) is 4.60. The molecule has 1 aliphatic rings. The molecule has 132 valence electrons. The monoisotopic (exact) mass is 366 g/mol. The summed E-state index contributed by atoms with van der Waals surface area (Å²) in [6.45, 7) is -0.862. The fraction of sp³-hybridized carbons (Fsp3) is 0.333. The lowest BCUT2D eigenvalue weighted by atomic mass is 9.94. The van der Waals surface area contributed by atoms with Crippen LogP contribution in [0.15, 0.2) is 35.6 Å². The van der Waals surface area contributed by atoms with Crippen molar-refractivity contribution in [3.05, 3.63) is 42.0 Å². The molecule has 10 heteroatoms. The molecule has 7 nitrogen and oxygen atoms in total. The Kier molecular flexibility index (Phi) is 4.71. The van der Waals surface area contributed by atoms with Gasteiger partial charge in [-0.05, 0) is 31.5 Å². The van der Waals surface area contributed by atoms with E-state index in [9.17, 15) is 13.6 Å². The van der Waals surface area contributed by atoms with Crippen LogP contribution in [0.1, 0.15) is 36.1 Å². The van der Waals surface area contributed by atoms with Gasteiger partial charge in [-0.15, -0.1) is 0 Å². The number of hydrogen-bond acceptors (Lipinski definition) is 6. The lowest BCUT2D eigenvalue weighted by molar-refractivity contribution is 0.0561. The van der Waals surface area contributed by atoms with Gasteiger partial charge in [-0.25, -0.2) is 9.67 Å². The molecule has 3 heterocycles. The van der Waals surface area contributed by atoms with Crippen LogP contribution in [0.5, 0.6) is 0 Å². The number of anilines is 1. The summed E-state index contributed by atoms with van der Waals surface area (Å²) in [7, 11) is 0. The highest BCUT2D eigenvalue weighted by Crippen LogP contribution is 2.34. The van der Waals surface area contributed by atoms with Crippen molar-refractivity contribution in [2.45, 2.75) is 25.4 Å². The van der Waals surface area contributed by atoms with Gasteiger partial charge in [0.2, 0.25) is 0 Å². The maximum absolute atomic E-state index is 12.5. The fourth-order valence-corrected chi connectivity index (χ4v) is 3.41. The first kappa shape index (κ1) is 17.3. The van der Waals surface area contributed by atoms with Gasteiger partial charge < -0.3 is 11.1 Å². The first-order chi connectivity index (χ1) is 11.9. The number of aromatic nitrogens is 3. The normalized spacial score (nSPS) is 20.4. The molecule has 0 aliphatic carbocycles. The van der Waals surface area contributed by atoms with Crippen molar-refractivity contribution in [3.63, 3.8) is 0 Å². The minimum absolute atomic E-state index is 0.0961. The zero-order valence-corrected chi connectivity index (χ0v) is 14.1. The van der Waals surface area contributed by atoms with Gasteiger partial charge in [-0.1, -0.05) is 11.8 Å². The molecule has 3 rings (SSSR count). The second kappa shape index (κ2) is 6.79. The van der Waals surface area contributed by atoms with Gasteiger partial charge in [0.15, 0.2) is 10.9 Å². The van der Waals surface area contributed by atoms with Crippen molar-refractivity contribution in [1.29, 1.82) is 0 Å². The van der Waals surface area contributed by atoms with Gasteiger partial charge in [-0.2, -0.15) is 13.9 Å². The van der Waals surface area contributed by atoms with Crippen molar-refractivity contribution in [3.8, 4) is 0 Å². The molecule has 0 fully saturated rings. The smallest absolute Gasteiger partial charge is 0.333 e. The van der Waals surface area contributed by atoms with Crippen LogP contribution in [-0.4, -0.2) is 31.6 Å². The van der Waals surface area contributed by atoms with Crippen molar-refractivity contribution in [2.24, 2.45) is 10.7 Å². The van der Waals surface area contributed by atoms with E-state index in [2.05, 4.69) is 20.4 Å². The maximum atomic E-state index is 12.5. The minimum Gasteiger partial charge on any atom is -0.379 e. The number of nitrogens with two attached hydrogens (primary N) is 1. The lowest BCUT2D eigenvalue weighted by Gasteiger charge is -2.28. The van der Waals surface area contributed by atoms with Crippen LogP contribution in [-0.2, 0) is 5.54 Å². The number of aliphatic imine (C=N–C) groups is 1. The van der Waals surface area contributed by atoms with Gasteiger partial charge in [-0.3, -0.25) is 9.78 Å². The van der Waals surface area contributed by atoms with Crippen LogP contribution >= 0.6 is 11.8 Å². The molecule has 2 aromatic rings. The maximum Gasteiger partial charge on any atom is 0.333 e. The van der Waals surface area contributed by atoms with Gasteiger partial charge in [0.05, 0.1) is 5.69 Å². The summed E-state index contributed by atoms with van der Waals surface area (Å²) in [5, 5.41) is 6.68. The van der Waals surface area contributed by atoms with E-state index in [1.807, 2.05) is 6.92 Å². The lowest BCUT2D eigenvalue weighted by Crippen LogP contribution is -2.29. The van der Waals surface area contributed by atoms with Crippen LogP contribution < -0.4 is 11.1 Å². The Morgan fingerprint density at radius 1 is 1.48 bits per heavy atom. The number of pyridine rings is 1. The summed E-state index contributed by atoms with van der Waals surface area (Å²) in [5.41, 5.74) is 6.31. The van der Waals surface area contributed by atoms with Crippen molar-refractivity contribution in [2.75, 3.05) is 11.1 Å². The molecule has 0 unspecified atom stereocenters. The number of carbonyl (C=O) groups is 1. The molecule has 1 aliphatic heterocycles. The second-order valence-electron chi connectivity index (χ2n) is 5.66. The zero-order chi connectivity index (χ0) is 18.0. The third-order valence-electron chi connectivity index (χ3n) is 3.81. The van der Waals surface area contributed by atoms with Crippen molar-refractivity contribution < 1.29 is 13.6 Å². The van der Waals surface area contributed by atoms with E-state index >= 15 is 0 Å². The Morgan fingerprint density at radius 2 is 2.28 bits per heavy atom. The largest absolute Gasteiger partial charge is 0.379 e. The van der Waals surface area contributed by atoms with Gasteiger partial charge >= 0.3 is 6.55 Å². The molecule has 2 aromatic heterocycles. The van der Waals surface area contributed by atoms with Crippen molar-refractivity contribution >= 4 is 28.5 Å². The van der Waals surface area contributed by atoms with Gasteiger partial charge in [0, 0.05) is 23.8 Å². The topological polar surface area (TPSA) is 98.2 Å².